The molecule has 4 heteroatoms. The summed E-state index contributed by atoms with van der Waals surface area (Å²) in [5.74, 6) is 0.659. The molecule has 3 nitrogen and oxygen atoms in total. The normalized spacial score (nSPS) is 19.9. The first-order chi connectivity index (χ1) is 7.83. The zero-order valence-corrected chi connectivity index (χ0v) is 10.8. The molecule has 1 heterocycles. The van der Waals surface area contributed by atoms with Crippen LogP contribution in [0.3, 0.4) is 0 Å². The van der Waals surface area contributed by atoms with Gasteiger partial charge in [0, 0.05) is 6.04 Å². The van der Waals surface area contributed by atoms with Crippen LogP contribution in [-0.4, -0.2) is 9.59 Å². The Balaban J connectivity index is 2.06. The number of aromatic nitrogens is 2. The average Bonchev–Trinajstić information content (AvgIpc) is 2.78. The van der Waals surface area contributed by atoms with Crippen molar-refractivity contribution in [2.45, 2.75) is 57.9 Å². The first-order valence-corrected chi connectivity index (χ1v) is 7.17. The molecule has 0 bridgehead atoms. The van der Waals surface area contributed by atoms with Crippen molar-refractivity contribution < 1.29 is 0 Å². The minimum atomic E-state index is 0.182. The molecule has 0 aromatic carbocycles. The van der Waals surface area contributed by atoms with E-state index in [0.29, 0.717) is 5.92 Å². The molecule has 0 aliphatic heterocycles. The van der Waals surface area contributed by atoms with Crippen LogP contribution >= 0.6 is 11.5 Å². The fourth-order valence-corrected chi connectivity index (χ4v) is 3.38. The van der Waals surface area contributed by atoms with Gasteiger partial charge < -0.3 is 5.73 Å². The summed E-state index contributed by atoms with van der Waals surface area (Å²) in [6, 6.07) is 0.182. The first-order valence-electron chi connectivity index (χ1n) is 6.39. The molecule has 1 atom stereocenters. The molecule has 0 amide bonds. The molecular formula is C12H21N3S. The summed E-state index contributed by atoms with van der Waals surface area (Å²) in [6.45, 7) is 2.18. The van der Waals surface area contributed by atoms with E-state index in [1.54, 1.807) is 0 Å². The van der Waals surface area contributed by atoms with Crippen LogP contribution in [-0.2, 0) is 6.42 Å². The van der Waals surface area contributed by atoms with Crippen LogP contribution in [0.5, 0.6) is 0 Å². The third-order valence-electron chi connectivity index (χ3n) is 3.53. The van der Waals surface area contributed by atoms with Crippen molar-refractivity contribution in [3.05, 3.63) is 10.6 Å². The second-order valence-corrected chi connectivity index (χ2v) is 5.54. The lowest BCUT2D eigenvalue weighted by molar-refractivity contribution is 0.309. The Bertz CT molecular complexity index is 318. The first kappa shape index (κ1) is 12.0. The molecule has 1 aliphatic carbocycles. The van der Waals surface area contributed by atoms with Gasteiger partial charge in [0.1, 0.15) is 0 Å². The largest absolute Gasteiger partial charge is 0.323 e. The lowest BCUT2D eigenvalue weighted by Crippen LogP contribution is -2.23. The van der Waals surface area contributed by atoms with Gasteiger partial charge in [0.15, 0.2) is 0 Å². The van der Waals surface area contributed by atoms with E-state index in [2.05, 4.69) is 16.5 Å². The fraction of sp³-hybridized carbons (Fsp3) is 0.833. The average molecular weight is 239 g/mol. The van der Waals surface area contributed by atoms with E-state index in [1.807, 2.05) is 0 Å². The summed E-state index contributed by atoms with van der Waals surface area (Å²) in [5, 5.41) is 4.21. The van der Waals surface area contributed by atoms with Gasteiger partial charge in [-0.25, -0.2) is 0 Å². The maximum absolute atomic E-state index is 6.38. The highest BCUT2D eigenvalue weighted by Crippen LogP contribution is 2.35. The minimum absolute atomic E-state index is 0.182. The summed E-state index contributed by atoms with van der Waals surface area (Å²) in [5.41, 5.74) is 7.52. The summed E-state index contributed by atoms with van der Waals surface area (Å²) in [4.78, 5) is 1.24. The summed E-state index contributed by atoms with van der Waals surface area (Å²) in [6.07, 6.45) is 8.77. The molecule has 0 spiro atoms. The zero-order chi connectivity index (χ0) is 11.4. The van der Waals surface area contributed by atoms with Crippen molar-refractivity contribution in [1.82, 2.24) is 9.59 Å². The minimum Gasteiger partial charge on any atom is -0.323 e. The van der Waals surface area contributed by atoms with Gasteiger partial charge in [0.2, 0.25) is 0 Å². The number of hydrogen-bond donors (Lipinski definition) is 1. The maximum atomic E-state index is 6.38. The smallest absolute Gasteiger partial charge is 0.0803 e. The van der Waals surface area contributed by atoms with Gasteiger partial charge in [0.05, 0.1) is 10.6 Å². The standard InChI is InChI=1S/C12H21N3S/c1-2-6-10-12(16-15-14-10)11(13)9-7-4-3-5-8-9/h9,11H,2-8,13H2,1H3. The number of nitrogens with two attached hydrogens (primary N) is 1. The predicted octanol–water partition coefficient (Wildman–Crippen LogP) is 3.07. The number of nitrogens with zero attached hydrogens (tertiary/aromatic N) is 2. The highest BCUT2D eigenvalue weighted by molar-refractivity contribution is 7.05. The highest BCUT2D eigenvalue weighted by atomic mass is 32.1. The Morgan fingerprint density at radius 1 is 1.38 bits per heavy atom. The van der Waals surface area contributed by atoms with E-state index < -0.39 is 0 Å². The quantitative estimate of drug-likeness (QED) is 0.878. The van der Waals surface area contributed by atoms with Crippen molar-refractivity contribution >= 4 is 11.5 Å². The molecule has 2 N–H and O–H groups in total. The van der Waals surface area contributed by atoms with E-state index in [9.17, 15) is 0 Å². The fourth-order valence-electron chi connectivity index (χ4n) is 2.59. The van der Waals surface area contributed by atoms with E-state index in [-0.39, 0.29) is 6.04 Å². The molecule has 1 aromatic heterocycles. The summed E-state index contributed by atoms with van der Waals surface area (Å²) in [7, 11) is 0. The lowest BCUT2D eigenvalue weighted by atomic mass is 9.83. The molecule has 1 aliphatic rings. The van der Waals surface area contributed by atoms with E-state index in [1.165, 1.54) is 48.5 Å². The molecule has 0 saturated heterocycles. The highest BCUT2D eigenvalue weighted by Gasteiger charge is 2.25. The molecule has 0 radical (unpaired) electrons. The maximum Gasteiger partial charge on any atom is 0.0803 e. The van der Waals surface area contributed by atoms with Gasteiger partial charge in [-0.2, -0.15) is 0 Å². The Labute approximate surface area is 102 Å². The lowest BCUT2D eigenvalue weighted by Gasteiger charge is -2.26. The topological polar surface area (TPSA) is 51.8 Å². The van der Waals surface area contributed by atoms with Gasteiger partial charge in [-0.3, -0.25) is 0 Å². The van der Waals surface area contributed by atoms with E-state index >= 15 is 0 Å². The molecule has 16 heavy (non-hydrogen) atoms. The Morgan fingerprint density at radius 2 is 2.12 bits per heavy atom. The summed E-state index contributed by atoms with van der Waals surface area (Å²) < 4.78 is 4.07. The van der Waals surface area contributed by atoms with Gasteiger partial charge >= 0.3 is 0 Å². The predicted molar refractivity (Wildman–Crippen MR) is 67.4 cm³/mol. The second kappa shape index (κ2) is 5.73. The zero-order valence-electron chi connectivity index (χ0n) is 9.98. The van der Waals surface area contributed by atoms with Crippen molar-refractivity contribution in [2.75, 3.05) is 0 Å². The Kier molecular flexibility index (Phi) is 4.29. The van der Waals surface area contributed by atoms with Crippen LogP contribution in [0, 0.1) is 5.92 Å². The van der Waals surface area contributed by atoms with Gasteiger partial charge in [-0.1, -0.05) is 37.1 Å². The Morgan fingerprint density at radius 3 is 2.81 bits per heavy atom. The molecule has 1 fully saturated rings. The van der Waals surface area contributed by atoms with Crippen LogP contribution < -0.4 is 5.73 Å². The molecule has 1 saturated carbocycles. The van der Waals surface area contributed by atoms with Crippen LogP contribution in [0.2, 0.25) is 0 Å². The van der Waals surface area contributed by atoms with Crippen LogP contribution in [0.15, 0.2) is 0 Å². The number of aryl methyl sites for hydroxylation is 1. The second-order valence-electron chi connectivity index (χ2n) is 4.76. The SMILES string of the molecule is CCCc1nnsc1C(N)C1CCCCC1. The molecular weight excluding hydrogens is 218 g/mol. The molecule has 90 valence electrons. The van der Waals surface area contributed by atoms with Crippen LogP contribution in [0.1, 0.15) is 62.1 Å². The van der Waals surface area contributed by atoms with Crippen molar-refractivity contribution in [2.24, 2.45) is 11.7 Å². The van der Waals surface area contributed by atoms with Crippen LogP contribution in [0.4, 0.5) is 0 Å². The number of rotatable bonds is 4. The Hall–Kier alpha value is -0.480. The molecule has 1 unspecified atom stereocenters. The third kappa shape index (κ3) is 2.61. The summed E-state index contributed by atoms with van der Waals surface area (Å²) >= 11 is 1.51. The van der Waals surface area contributed by atoms with Gasteiger partial charge in [-0.05, 0) is 36.7 Å². The van der Waals surface area contributed by atoms with Crippen LogP contribution in [0.25, 0.3) is 0 Å². The van der Waals surface area contributed by atoms with E-state index in [0.717, 1.165) is 18.5 Å². The van der Waals surface area contributed by atoms with Crippen molar-refractivity contribution in [3.8, 4) is 0 Å². The third-order valence-corrected chi connectivity index (χ3v) is 4.40. The van der Waals surface area contributed by atoms with E-state index in [4.69, 9.17) is 5.73 Å². The number of hydrogen-bond acceptors (Lipinski definition) is 4. The van der Waals surface area contributed by atoms with Gasteiger partial charge in [0.25, 0.3) is 0 Å². The van der Waals surface area contributed by atoms with Crippen molar-refractivity contribution in [3.63, 3.8) is 0 Å². The molecule has 2 rings (SSSR count). The molecule has 1 aromatic rings. The monoisotopic (exact) mass is 239 g/mol. The van der Waals surface area contributed by atoms with Gasteiger partial charge in [-0.15, -0.1) is 5.10 Å². The van der Waals surface area contributed by atoms with Crippen molar-refractivity contribution in [1.29, 1.82) is 0 Å².